The second-order valence-corrected chi connectivity index (χ2v) is 22.1. The molecule has 17 heteroatoms. The topological polar surface area (TPSA) is 175 Å². The Morgan fingerprint density at radius 1 is 0.610 bits per heavy atom. The lowest BCUT2D eigenvalue weighted by atomic mass is 9.50. The molecule has 0 aliphatic rings. The van der Waals surface area contributed by atoms with E-state index in [9.17, 15) is 23.5 Å². The molecule has 13 nitrogen and oxygen atoms in total. The summed E-state index contributed by atoms with van der Waals surface area (Å²) in [5.74, 6) is 2.20. The molecule has 4 aromatic heterocycles. The number of thiazole rings is 2. The molecule has 77 heavy (non-hydrogen) atoms. The standard InChI is InChI=1S/C60H53BN6O7S3/c1-5-6-13-32-73-43-24-20-39(21-25-43)55-53-54(57(66(55)2)47(37-62)59-64-49-35-45(71-3)28-30-51(49)75-59)56(40-22-26-44(27-23-40)74-33-14-15-34-77(68,69)70)67(61(41-16-9-7-10-17-41)42-18-11-8-12-19-42)58(53)48(38-63)60-65-50-36-46(72-4)29-31-52(50)76-60/h7-12,16-31,35-36H,5-6,13-15,32-34H2,1-4H3,(H,68,69,70)/b57-47-,58-48-. The summed E-state index contributed by atoms with van der Waals surface area (Å²) in [6.07, 6.45) is 3.71. The summed E-state index contributed by atoms with van der Waals surface area (Å²) in [5.41, 5.74) is 6.94. The van der Waals surface area contributed by atoms with Gasteiger partial charge in [-0.25, -0.2) is 9.97 Å². The van der Waals surface area contributed by atoms with Crippen LogP contribution in [0.1, 0.15) is 49.0 Å². The third kappa shape index (κ3) is 10.8. The van der Waals surface area contributed by atoms with Crippen molar-refractivity contribution in [1.29, 1.82) is 10.5 Å². The van der Waals surface area contributed by atoms with Crippen molar-refractivity contribution in [3.8, 4) is 57.7 Å². The molecule has 0 aliphatic heterocycles. The summed E-state index contributed by atoms with van der Waals surface area (Å²) in [6, 6.07) is 52.9. The Bertz CT molecular complexity index is 4070. The maximum absolute atomic E-state index is 12.0. The molecule has 0 unspecified atom stereocenters. The number of unbranched alkanes of at least 4 members (excludes halogenated alkanes) is 3. The minimum atomic E-state index is -4.10. The van der Waals surface area contributed by atoms with Crippen LogP contribution in [0.2, 0.25) is 0 Å². The average Bonchev–Trinajstić information content (AvgIpc) is 4.42. The maximum atomic E-state index is 12.0. The average molecular weight is 1080 g/mol. The van der Waals surface area contributed by atoms with Crippen LogP contribution in [0.4, 0.5) is 0 Å². The van der Waals surface area contributed by atoms with Crippen LogP contribution in [0.25, 0.3) is 64.9 Å². The highest BCUT2D eigenvalue weighted by atomic mass is 32.2. The van der Waals surface area contributed by atoms with Crippen molar-refractivity contribution < 1.29 is 31.9 Å². The van der Waals surface area contributed by atoms with Crippen molar-refractivity contribution >= 4 is 92.9 Å². The molecule has 0 saturated carbocycles. The van der Waals surface area contributed by atoms with E-state index in [1.54, 1.807) is 14.2 Å². The van der Waals surface area contributed by atoms with E-state index in [0.717, 1.165) is 62.2 Å². The third-order valence-corrected chi connectivity index (χ3v) is 16.4. The first kappa shape index (κ1) is 52.3. The number of fused-ring (bicyclic) bond motifs is 3. The summed E-state index contributed by atoms with van der Waals surface area (Å²) in [5, 5.41) is 27.3. The molecule has 0 radical (unpaired) electrons. The van der Waals surface area contributed by atoms with Crippen LogP contribution in [0.15, 0.2) is 146 Å². The van der Waals surface area contributed by atoms with Crippen molar-refractivity contribution in [1.82, 2.24) is 19.0 Å². The molecule has 6 aromatic carbocycles. The minimum Gasteiger partial charge on any atom is -0.497 e. The molecule has 0 aliphatic carbocycles. The SMILES string of the molecule is CCCCCOc1ccc(-c2c3/c(=C(\C#N)c4nc5cc(OC)ccc5s4)n(B(c4ccccc4)c4ccccc4)c(-c4ccc(OCCCCS(=O)(=O)O)cc4)c3/c(=C(\C#N)c3nc4cc(OC)ccc4s3)n2C)cc1. The second-order valence-electron chi connectivity index (χ2n) is 18.4. The minimum absolute atomic E-state index is 0.224. The van der Waals surface area contributed by atoms with Gasteiger partial charge in [-0.1, -0.05) is 91.4 Å². The van der Waals surface area contributed by atoms with E-state index >= 15 is 0 Å². The highest BCUT2D eigenvalue weighted by Gasteiger charge is 2.34. The fraction of sp³-hybridized carbons (Fsp3) is 0.200. The van der Waals surface area contributed by atoms with E-state index in [-0.39, 0.29) is 18.8 Å². The zero-order valence-corrected chi connectivity index (χ0v) is 45.3. The molecular formula is C60H53BN6O7S3. The van der Waals surface area contributed by atoms with E-state index in [0.29, 0.717) is 89.6 Å². The van der Waals surface area contributed by atoms with Crippen LogP contribution in [0.3, 0.4) is 0 Å². The van der Waals surface area contributed by atoms with E-state index in [1.165, 1.54) is 22.7 Å². The molecule has 0 atom stereocenters. The summed E-state index contributed by atoms with van der Waals surface area (Å²) >= 11 is 2.84. The van der Waals surface area contributed by atoms with Crippen LogP contribution < -0.4 is 40.6 Å². The number of rotatable bonds is 20. The molecular weight excluding hydrogens is 1020 g/mol. The molecule has 10 rings (SSSR count). The Labute approximate surface area is 455 Å². The van der Waals surface area contributed by atoms with Crippen molar-refractivity contribution in [3.63, 3.8) is 0 Å². The highest BCUT2D eigenvalue weighted by Crippen LogP contribution is 2.39. The van der Waals surface area contributed by atoms with E-state index in [1.807, 2.05) is 128 Å². The summed E-state index contributed by atoms with van der Waals surface area (Å²) < 4.78 is 61.9. The Kier molecular flexibility index (Phi) is 15.6. The highest BCUT2D eigenvalue weighted by molar-refractivity contribution is 7.85. The quantitative estimate of drug-likeness (QED) is 0.0437. The smallest absolute Gasteiger partial charge is 0.328 e. The van der Waals surface area contributed by atoms with Gasteiger partial charge in [0.2, 0.25) is 0 Å². The van der Waals surface area contributed by atoms with Gasteiger partial charge in [0.1, 0.15) is 56.3 Å². The lowest BCUT2D eigenvalue weighted by Crippen LogP contribution is -2.53. The van der Waals surface area contributed by atoms with Crippen molar-refractivity contribution in [2.75, 3.05) is 33.2 Å². The van der Waals surface area contributed by atoms with Crippen LogP contribution in [-0.4, -0.2) is 72.0 Å². The first-order chi connectivity index (χ1) is 37.5. The molecule has 10 aromatic rings. The fourth-order valence-corrected chi connectivity index (χ4v) is 12.4. The Balaban J connectivity index is 1.39. The van der Waals surface area contributed by atoms with Gasteiger partial charge in [-0.15, -0.1) is 22.7 Å². The van der Waals surface area contributed by atoms with Gasteiger partial charge < -0.3 is 28.0 Å². The number of nitrogens with zero attached hydrogens (tertiary/aromatic N) is 6. The van der Waals surface area contributed by atoms with E-state index in [2.05, 4.69) is 52.4 Å². The monoisotopic (exact) mass is 1080 g/mol. The molecule has 386 valence electrons. The molecule has 0 amide bonds. The van der Waals surface area contributed by atoms with Crippen LogP contribution in [0.5, 0.6) is 23.0 Å². The molecule has 0 bridgehead atoms. The predicted octanol–water partition coefficient (Wildman–Crippen LogP) is 10.3. The van der Waals surface area contributed by atoms with Gasteiger partial charge in [0.15, 0.2) is 0 Å². The van der Waals surface area contributed by atoms with Gasteiger partial charge in [-0.3, -0.25) is 4.55 Å². The van der Waals surface area contributed by atoms with Gasteiger partial charge in [0.25, 0.3) is 10.1 Å². The summed E-state index contributed by atoms with van der Waals surface area (Å²) in [6.45, 7) is 2.42. The number of benzene rings is 6. The zero-order valence-electron chi connectivity index (χ0n) is 42.9. The Hall–Kier alpha value is -8.19. The van der Waals surface area contributed by atoms with Crippen LogP contribution in [0, 0.1) is 22.7 Å². The number of nitriles is 2. The van der Waals surface area contributed by atoms with Crippen LogP contribution in [-0.2, 0) is 17.2 Å². The Morgan fingerprint density at radius 2 is 1.06 bits per heavy atom. The van der Waals surface area contributed by atoms with Gasteiger partial charge >= 0.3 is 6.85 Å². The Morgan fingerprint density at radius 3 is 1.53 bits per heavy atom. The number of ether oxygens (including phenoxy) is 4. The summed E-state index contributed by atoms with van der Waals surface area (Å²) in [4.78, 5) is 10.3. The number of methoxy groups -OCH3 is 2. The first-order valence-corrected chi connectivity index (χ1v) is 28.5. The first-order valence-electron chi connectivity index (χ1n) is 25.2. The van der Waals surface area contributed by atoms with Crippen molar-refractivity contribution in [2.45, 2.75) is 39.0 Å². The summed E-state index contributed by atoms with van der Waals surface area (Å²) in [7, 11) is 1.09. The number of hydrogen-bond donors (Lipinski definition) is 1. The van der Waals surface area contributed by atoms with Crippen molar-refractivity contribution in [2.24, 2.45) is 7.05 Å². The second kappa shape index (κ2) is 23.0. The third-order valence-electron chi connectivity index (χ3n) is 13.5. The molecule has 1 N–H and O–H groups in total. The predicted molar refractivity (Wildman–Crippen MR) is 309 cm³/mol. The largest absolute Gasteiger partial charge is 0.497 e. The molecule has 0 spiro atoms. The van der Waals surface area contributed by atoms with E-state index in [4.69, 9.17) is 28.9 Å². The zero-order chi connectivity index (χ0) is 53.6. The van der Waals surface area contributed by atoms with Crippen LogP contribution >= 0.6 is 22.7 Å². The van der Waals surface area contributed by atoms with Crippen molar-refractivity contribution in [3.05, 3.63) is 166 Å². The van der Waals surface area contributed by atoms with Gasteiger partial charge in [-0.2, -0.15) is 18.9 Å². The number of aromatic nitrogens is 4. The lowest BCUT2D eigenvalue weighted by Gasteiger charge is -2.22. The molecule has 4 heterocycles. The molecule has 0 fully saturated rings. The number of hydrogen-bond acceptors (Lipinski definition) is 12. The fourth-order valence-electron chi connectivity index (χ4n) is 9.90. The molecule has 0 saturated heterocycles. The van der Waals surface area contributed by atoms with E-state index < -0.39 is 17.0 Å². The van der Waals surface area contributed by atoms with Gasteiger partial charge in [0.05, 0.1) is 70.0 Å². The van der Waals surface area contributed by atoms with Gasteiger partial charge in [0, 0.05) is 35.6 Å². The lowest BCUT2D eigenvalue weighted by molar-refractivity contribution is 0.306. The maximum Gasteiger partial charge on any atom is 0.328 e. The van der Waals surface area contributed by atoms with Gasteiger partial charge in [-0.05, 0) is 103 Å². The normalized spacial score (nSPS) is 12.4.